The van der Waals surface area contributed by atoms with Crippen molar-refractivity contribution in [3.63, 3.8) is 0 Å². The van der Waals surface area contributed by atoms with E-state index in [-0.39, 0.29) is 6.42 Å². The molecule has 4 heteroatoms. The number of nitrogens with one attached hydrogen (secondary N) is 1. The fourth-order valence-corrected chi connectivity index (χ4v) is 2.04. The molecule has 0 bridgehead atoms. The molecule has 0 amide bonds. The van der Waals surface area contributed by atoms with Crippen LogP contribution in [0.1, 0.15) is 5.56 Å². The number of rotatable bonds is 3. The molecule has 2 aromatic carbocycles. The molecule has 0 atom stereocenters. The fourth-order valence-electron chi connectivity index (χ4n) is 2.04. The number of aliphatic carboxylic acids is 1. The summed E-state index contributed by atoms with van der Waals surface area (Å²) in [7, 11) is 0. The van der Waals surface area contributed by atoms with E-state index in [9.17, 15) is 4.79 Å². The third kappa shape index (κ3) is 2.33. The SMILES string of the molecule is O=C(O)Cc1ccc(-c2nc3ccccc3[nH]2)cc1. The highest BCUT2D eigenvalue weighted by atomic mass is 16.4. The Morgan fingerprint density at radius 1 is 1.11 bits per heavy atom. The molecule has 3 rings (SSSR count). The van der Waals surface area contributed by atoms with E-state index >= 15 is 0 Å². The molecule has 19 heavy (non-hydrogen) atoms. The Kier molecular flexibility index (Phi) is 2.76. The van der Waals surface area contributed by atoms with Crippen LogP contribution in [0.5, 0.6) is 0 Å². The molecule has 0 saturated heterocycles. The van der Waals surface area contributed by atoms with Gasteiger partial charge in [0.2, 0.25) is 0 Å². The maximum atomic E-state index is 10.6. The van der Waals surface area contributed by atoms with Crippen LogP contribution in [0, 0.1) is 0 Å². The van der Waals surface area contributed by atoms with Crippen molar-refractivity contribution >= 4 is 17.0 Å². The Morgan fingerprint density at radius 2 is 1.84 bits per heavy atom. The number of nitrogens with zero attached hydrogens (tertiary/aromatic N) is 1. The highest BCUT2D eigenvalue weighted by Crippen LogP contribution is 2.20. The normalized spacial score (nSPS) is 10.7. The van der Waals surface area contributed by atoms with Crippen LogP contribution in [-0.2, 0) is 11.2 Å². The van der Waals surface area contributed by atoms with Crippen LogP contribution in [0.4, 0.5) is 0 Å². The number of para-hydroxylation sites is 2. The van der Waals surface area contributed by atoms with Gasteiger partial charge in [0.15, 0.2) is 0 Å². The average Bonchev–Trinajstić information content (AvgIpc) is 2.82. The number of carboxylic acid groups (broad SMARTS) is 1. The van der Waals surface area contributed by atoms with E-state index in [2.05, 4.69) is 9.97 Å². The molecule has 1 heterocycles. The third-order valence-electron chi connectivity index (χ3n) is 2.97. The summed E-state index contributed by atoms with van der Waals surface area (Å²) in [5, 5.41) is 8.73. The minimum Gasteiger partial charge on any atom is -0.481 e. The van der Waals surface area contributed by atoms with Crippen molar-refractivity contribution in [3.05, 3.63) is 54.1 Å². The highest BCUT2D eigenvalue weighted by molar-refractivity contribution is 5.79. The molecule has 3 aromatic rings. The van der Waals surface area contributed by atoms with Gasteiger partial charge in [0.25, 0.3) is 0 Å². The summed E-state index contributed by atoms with van der Waals surface area (Å²) in [6, 6.07) is 15.2. The molecule has 0 aliphatic heterocycles. The maximum absolute atomic E-state index is 10.6. The van der Waals surface area contributed by atoms with Crippen LogP contribution < -0.4 is 0 Å². The Labute approximate surface area is 109 Å². The molecule has 2 N–H and O–H groups in total. The molecule has 0 radical (unpaired) electrons. The van der Waals surface area contributed by atoms with Gasteiger partial charge in [0.05, 0.1) is 17.5 Å². The predicted molar refractivity (Wildman–Crippen MR) is 72.9 cm³/mol. The number of imidazole rings is 1. The lowest BCUT2D eigenvalue weighted by Gasteiger charge is -1.99. The number of H-pyrrole nitrogens is 1. The van der Waals surface area contributed by atoms with Crippen LogP contribution in [0.25, 0.3) is 22.4 Å². The van der Waals surface area contributed by atoms with Crippen molar-refractivity contribution in [2.24, 2.45) is 0 Å². The molecule has 0 fully saturated rings. The minimum absolute atomic E-state index is 0.0421. The largest absolute Gasteiger partial charge is 0.481 e. The topological polar surface area (TPSA) is 66.0 Å². The first-order valence-electron chi connectivity index (χ1n) is 5.98. The van der Waals surface area contributed by atoms with E-state index in [1.165, 1.54) is 0 Å². The number of aromatic nitrogens is 2. The number of hydrogen-bond acceptors (Lipinski definition) is 2. The lowest BCUT2D eigenvalue weighted by molar-refractivity contribution is -0.136. The summed E-state index contributed by atoms with van der Waals surface area (Å²) in [4.78, 5) is 18.4. The van der Waals surface area contributed by atoms with Gasteiger partial charge in [-0.1, -0.05) is 36.4 Å². The van der Waals surface area contributed by atoms with E-state index in [4.69, 9.17) is 5.11 Å². The molecule has 0 aliphatic rings. The summed E-state index contributed by atoms with van der Waals surface area (Å²) in [6.07, 6.45) is 0.0421. The maximum Gasteiger partial charge on any atom is 0.307 e. The number of fused-ring (bicyclic) bond motifs is 1. The fraction of sp³-hybridized carbons (Fsp3) is 0.0667. The van der Waals surface area contributed by atoms with Crippen molar-refractivity contribution < 1.29 is 9.90 Å². The molecular weight excluding hydrogens is 240 g/mol. The number of benzene rings is 2. The number of hydrogen-bond donors (Lipinski definition) is 2. The van der Waals surface area contributed by atoms with Crippen molar-refractivity contribution in [1.29, 1.82) is 0 Å². The van der Waals surface area contributed by atoms with Gasteiger partial charge in [-0.15, -0.1) is 0 Å². The monoisotopic (exact) mass is 252 g/mol. The van der Waals surface area contributed by atoms with E-state index < -0.39 is 5.97 Å². The zero-order chi connectivity index (χ0) is 13.2. The Morgan fingerprint density at radius 3 is 2.53 bits per heavy atom. The van der Waals surface area contributed by atoms with Gasteiger partial charge in [-0.25, -0.2) is 4.98 Å². The smallest absolute Gasteiger partial charge is 0.307 e. The lowest BCUT2D eigenvalue weighted by atomic mass is 10.1. The molecule has 0 saturated carbocycles. The van der Waals surface area contributed by atoms with E-state index in [0.717, 1.165) is 28.0 Å². The predicted octanol–water partition coefficient (Wildman–Crippen LogP) is 2.86. The summed E-state index contributed by atoms with van der Waals surface area (Å²) >= 11 is 0. The average molecular weight is 252 g/mol. The van der Waals surface area contributed by atoms with Gasteiger partial charge < -0.3 is 10.1 Å². The second kappa shape index (κ2) is 4.57. The third-order valence-corrected chi connectivity index (χ3v) is 2.97. The number of carbonyl (C=O) groups is 1. The Bertz CT molecular complexity index is 696. The van der Waals surface area contributed by atoms with E-state index in [1.54, 1.807) is 0 Å². The van der Waals surface area contributed by atoms with Gasteiger partial charge >= 0.3 is 5.97 Å². The quantitative estimate of drug-likeness (QED) is 0.753. The van der Waals surface area contributed by atoms with E-state index in [0.29, 0.717) is 0 Å². The summed E-state index contributed by atoms with van der Waals surface area (Å²) in [6.45, 7) is 0. The zero-order valence-corrected chi connectivity index (χ0v) is 10.1. The molecular formula is C15H12N2O2. The van der Waals surface area contributed by atoms with Crippen molar-refractivity contribution in [2.75, 3.05) is 0 Å². The Balaban J connectivity index is 1.95. The van der Waals surface area contributed by atoms with Gasteiger partial charge in [-0.3, -0.25) is 4.79 Å². The summed E-state index contributed by atoms with van der Waals surface area (Å²) < 4.78 is 0. The van der Waals surface area contributed by atoms with Gasteiger partial charge in [0, 0.05) is 5.56 Å². The molecule has 0 aliphatic carbocycles. The second-order valence-corrected chi connectivity index (χ2v) is 4.37. The molecule has 1 aromatic heterocycles. The first kappa shape index (κ1) is 11.5. The molecule has 94 valence electrons. The van der Waals surface area contributed by atoms with Crippen molar-refractivity contribution in [2.45, 2.75) is 6.42 Å². The molecule has 4 nitrogen and oxygen atoms in total. The molecule has 0 unspecified atom stereocenters. The van der Waals surface area contributed by atoms with Crippen LogP contribution in [0.2, 0.25) is 0 Å². The van der Waals surface area contributed by atoms with Gasteiger partial charge in [-0.05, 0) is 17.7 Å². The first-order chi connectivity index (χ1) is 9.22. The highest BCUT2D eigenvalue weighted by Gasteiger charge is 2.05. The molecule has 0 spiro atoms. The Hall–Kier alpha value is -2.62. The van der Waals surface area contributed by atoms with E-state index in [1.807, 2.05) is 48.5 Å². The van der Waals surface area contributed by atoms with Crippen molar-refractivity contribution in [1.82, 2.24) is 9.97 Å². The second-order valence-electron chi connectivity index (χ2n) is 4.37. The minimum atomic E-state index is -0.823. The van der Waals surface area contributed by atoms with Crippen LogP contribution in [0.15, 0.2) is 48.5 Å². The summed E-state index contributed by atoms with van der Waals surface area (Å²) in [5.41, 5.74) is 3.65. The standard InChI is InChI=1S/C15H12N2O2/c18-14(19)9-10-5-7-11(8-6-10)15-16-12-3-1-2-4-13(12)17-15/h1-8H,9H2,(H,16,17)(H,18,19). The van der Waals surface area contributed by atoms with Crippen molar-refractivity contribution in [3.8, 4) is 11.4 Å². The first-order valence-corrected chi connectivity index (χ1v) is 5.98. The van der Waals surface area contributed by atoms with Crippen LogP contribution in [0.3, 0.4) is 0 Å². The van der Waals surface area contributed by atoms with Crippen LogP contribution >= 0.6 is 0 Å². The summed E-state index contributed by atoms with van der Waals surface area (Å²) in [5.74, 6) is -0.0282. The number of aromatic amines is 1. The van der Waals surface area contributed by atoms with Gasteiger partial charge in [-0.2, -0.15) is 0 Å². The lowest BCUT2D eigenvalue weighted by Crippen LogP contribution is -1.99. The van der Waals surface area contributed by atoms with Gasteiger partial charge in [0.1, 0.15) is 5.82 Å². The number of carboxylic acids is 1. The van der Waals surface area contributed by atoms with Crippen LogP contribution in [-0.4, -0.2) is 21.0 Å². The zero-order valence-electron chi connectivity index (χ0n) is 10.1.